The van der Waals surface area contributed by atoms with Crippen LogP contribution in [0.5, 0.6) is 0 Å². The van der Waals surface area contributed by atoms with E-state index in [1.807, 2.05) is 6.92 Å². The smallest absolute Gasteiger partial charge is 0.244 e. The third kappa shape index (κ3) is 2.92. The maximum Gasteiger partial charge on any atom is 0.244 e. The molecule has 1 atom stereocenters. The average Bonchev–Trinajstić information content (AvgIpc) is 2.47. The highest BCUT2D eigenvalue weighted by Gasteiger charge is 2.31. The Morgan fingerprint density at radius 2 is 2.09 bits per heavy atom. The molecule has 0 spiro atoms. The highest BCUT2D eigenvalue weighted by atomic mass is 79.9. The molecule has 1 amide bonds. The summed E-state index contributed by atoms with van der Waals surface area (Å²) in [6.45, 7) is 3.49. The number of anilines is 1. The maximum atomic E-state index is 12.9. The third-order valence-electron chi connectivity index (χ3n) is 4.00. The van der Waals surface area contributed by atoms with Crippen LogP contribution in [0.15, 0.2) is 21.5 Å². The van der Waals surface area contributed by atoms with Gasteiger partial charge in [-0.1, -0.05) is 0 Å². The fourth-order valence-corrected chi connectivity index (χ4v) is 5.44. The molecule has 0 aliphatic carbocycles. The normalized spacial score (nSPS) is 23.0. The van der Waals surface area contributed by atoms with Crippen LogP contribution in [0.4, 0.5) is 5.69 Å². The summed E-state index contributed by atoms with van der Waals surface area (Å²) >= 11 is 3.37. The van der Waals surface area contributed by atoms with Crippen molar-refractivity contribution >= 4 is 37.5 Å². The van der Waals surface area contributed by atoms with Gasteiger partial charge in [0.25, 0.3) is 0 Å². The van der Waals surface area contributed by atoms with E-state index >= 15 is 0 Å². The minimum atomic E-state index is -3.58. The fourth-order valence-electron chi connectivity index (χ4n) is 2.83. The molecule has 3 rings (SSSR count). The lowest BCUT2D eigenvalue weighted by Crippen LogP contribution is -2.51. The molecule has 2 aliphatic rings. The van der Waals surface area contributed by atoms with Crippen molar-refractivity contribution in [2.24, 2.45) is 0 Å². The van der Waals surface area contributed by atoms with Crippen LogP contribution in [0.25, 0.3) is 0 Å². The lowest BCUT2D eigenvalue weighted by molar-refractivity contribution is -0.116. The zero-order chi connectivity index (χ0) is 15.9. The molecule has 0 bridgehead atoms. The predicted molar refractivity (Wildman–Crippen MR) is 87.3 cm³/mol. The zero-order valence-corrected chi connectivity index (χ0v) is 14.6. The lowest BCUT2D eigenvalue weighted by Gasteiger charge is -2.31. The van der Waals surface area contributed by atoms with Crippen molar-refractivity contribution in [1.29, 1.82) is 0 Å². The summed E-state index contributed by atoms with van der Waals surface area (Å²) in [5, 5.41) is 5.99. The van der Waals surface area contributed by atoms with Gasteiger partial charge in [-0.25, -0.2) is 8.42 Å². The SMILES string of the molecule is C[C@H]1CN(S(=O)(=O)c2cc3c(cc2Br)CCC(=O)N3)CCN1. The van der Waals surface area contributed by atoms with Gasteiger partial charge in [0.2, 0.25) is 15.9 Å². The molecule has 0 unspecified atom stereocenters. The molecule has 0 saturated carbocycles. The second-order valence-electron chi connectivity index (χ2n) is 5.71. The monoisotopic (exact) mass is 387 g/mol. The van der Waals surface area contributed by atoms with Gasteiger partial charge < -0.3 is 10.6 Å². The summed E-state index contributed by atoms with van der Waals surface area (Å²) in [5.74, 6) is -0.0750. The minimum Gasteiger partial charge on any atom is -0.326 e. The van der Waals surface area contributed by atoms with Crippen molar-refractivity contribution < 1.29 is 13.2 Å². The number of carbonyl (C=O) groups excluding carboxylic acids is 1. The second-order valence-corrected chi connectivity index (χ2v) is 8.47. The van der Waals surface area contributed by atoms with E-state index in [4.69, 9.17) is 0 Å². The van der Waals surface area contributed by atoms with Gasteiger partial charge >= 0.3 is 0 Å². The first-order chi connectivity index (χ1) is 10.4. The maximum absolute atomic E-state index is 12.9. The van der Waals surface area contributed by atoms with Crippen molar-refractivity contribution in [3.05, 3.63) is 22.2 Å². The van der Waals surface area contributed by atoms with Gasteiger partial charge in [-0.3, -0.25) is 4.79 Å². The van der Waals surface area contributed by atoms with E-state index in [0.29, 0.717) is 42.6 Å². The van der Waals surface area contributed by atoms with Crippen LogP contribution in [0.1, 0.15) is 18.9 Å². The zero-order valence-electron chi connectivity index (χ0n) is 12.2. The molecule has 6 nitrogen and oxygen atoms in total. The number of nitrogens with zero attached hydrogens (tertiary/aromatic N) is 1. The molecule has 2 aliphatic heterocycles. The van der Waals surface area contributed by atoms with E-state index < -0.39 is 10.0 Å². The Bertz CT molecular complexity index is 720. The Hall–Kier alpha value is -0.960. The number of aryl methyl sites for hydroxylation is 1. The van der Waals surface area contributed by atoms with Crippen LogP contribution in [0.3, 0.4) is 0 Å². The number of fused-ring (bicyclic) bond motifs is 1. The summed E-state index contributed by atoms with van der Waals surface area (Å²) in [4.78, 5) is 11.7. The summed E-state index contributed by atoms with van der Waals surface area (Å²) in [6, 6.07) is 3.49. The molecule has 1 aromatic carbocycles. The Kier molecular flexibility index (Phi) is 4.28. The van der Waals surface area contributed by atoms with Crippen molar-refractivity contribution in [3.63, 3.8) is 0 Å². The Balaban J connectivity index is 2.00. The van der Waals surface area contributed by atoms with Crippen LogP contribution in [-0.2, 0) is 21.2 Å². The molecule has 22 heavy (non-hydrogen) atoms. The number of hydrogen-bond donors (Lipinski definition) is 2. The molecule has 0 radical (unpaired) electrons. The Morgan fingerprint density at radius 3 is 2.82 bits per heavy atom. The molecular weight excluding hydrogens is 370 g/mol. The average molecular weight is 388 g/mol. The quantitative estimate of drug-likeness (QED) is 0.801. The third-order valence-corrected chi connectivity index (χ3v) is 6.83. The Labute approximate surface area is 138 Å². The number of hydrogen-bond acceptors (Lipinski definition) is 4. The first-order valence-electron chi connectivity index (χ1n) is 7.24. The number of benzene rings is 1. The number of amides is 1. The number of carbonyl (C=O) groups is 1. The van der Waals surface area contributed by atoms with E-state index in [9.17, 15) is 13.2 Å². The van der Waals surface area contributed by atoms with Crippen LogP contribution in [-0.4, -0.2) is 44.3 Å². The molecule has 1 saturated heterocycles. The number of nitrogens with one attached hydrogen (secondary N) is 2. The molecule has 120 valence electrons. The predicted octanol–water partition coefficient (Wildman–Crippen LogP) is 1.32. The van der Waals surface area contributed by atoms with Gasteiger partial charge in [-0.05, 0) is 47.0 Å². The number of piperazine rings is 1. The Morgan fingerprint density at radius 1 is 1.32 bits per heavy atom. The van der Waals surface area contributed by atoms with Gasteiger partial charge in [-0.15, -0.1) is 0 Å². The standard InChI is InChI=1S/C14H18BrN3O3S/c1-9-8-18(5-4-16-9)22(20,21)13-7-12-10(6-11(13)15)2-3-14(19)17-12/h6-7,9,16H,2-5,8H2,1H3,(H,17,19)/t9-/m0/s1. The van der Waals surface area contributed by atoms with E-state index in [2.05, 4.69) is 26.6 Å². The van der Waals surface area contributed by atoms with Crippen LogP contribution < -0.4 is 10.6 Å². The van der Waals surface area contributed by atoms with Crippen LogP contribution >= 0.6 is 15.9 Å². The molecule has 1 aromatic rings. The van der Waals surface area contributed by atoms with Gasteiger partial charge in [0.05, 0.1) is 4.90 Å². The van der Waals surface area contributed by atoms with Crippen molar-refractivity contribution in [2.75, 3.05) is 25.0 Å². The van der Waals surface area contributed by atoms with Gasteiger partial charge in [0.1, 0.15) is 0 Å². The van der Waals surface area contributed by atoms with Crippen LogP contribution in [0.2, 0.25) is 0 Å². The van der Waals surface area contributed by atoms with Gasteiger partial charge in [0.15, 0.2) is 0 Å². The molecule has 2 N–H and O–H groups in total. The van der Waals surface area contributed by atoms with E-state index in [1.54, 1.807) is 12.1 Å². The van der Waals surface area contributed by atoms with Crippen LogP contribution in [0, 0.1) is 0 Å². The molecule has 0 aromatic heterocycles. The lowest BCUT2D eigenvalue weighted by atomic mass is 10.0. The first kappa shape index (κ1) is 15.9. The first-order valence-corrected chi connectivity index (χ1v) is 9.47. The van der Waals surface area contributed by atoms with E-state index in [1.165, 1.54) is 4.31 Å². The minimum absolute atomic E-state index is 0.0750. The molecular formula is C14H18BrN3O3S. The number of rotatable bonds is 2. The summed E-state index contributed by atoms with van der Waals surface area (Å²) < 4.78 is 27.8. The fraction of sp³-hybridized carbons (Fsp3) is 0.500. The number of halogens is 1. The van der Waals surface area contributed by atoms with E-state index in [-0.39, 0.29) is 16.8 Å². The topological polar surface area (TPSA) is 78.5 Å². The van der Waals surface area contributed by atoms with E-state index in [0.717, 1.165) is 5.56 Å². The highest BCUT2D eigenvalue weighted by molar-refractivity contribution is 9.10. The summed E-state index contributed by atoms with van der Waals surface area (Å²) in [5.41, 5.74) is 1.56. The summed E-state index contributed by atoms with van der Waals surface area (Å²) in [6.07, 6.45) is 1.06. The second kappa shape index (κ2) is 5.92. The van der Waals surface area contributed by atoms with Crippen molar-refractivity contribution in [1.82, 2.24) is 9.62 Å². The molecule has 1 fully saturated rings. The summed E-state index contributed by atoms with van der Waals surface area (Å²) in [7, 11) is -3.58. The largest absolute Gasteiger partial charge is 0.326 e. The molecule has 8 heteroatoms. The highest BCUT2D eigenvalue weighted by Crippen LogP contribution is 2.33. The van der Waals surface area contributed by atoms with Crippen molar-refractivity contribution in [2.45, 2.75) is 30.7 Å². The molecule has 2 heterocycles. The van der Waals surface area contributed by atoms with Crippen molar-refractivity contribution in [3.8, 4) is 0 Å². The van der Waals surface area contributed by atoms with Gasteiger partial charge in [-0.2, -0.15) is 4.31 Å². The number of sulfonamides is 1. The van der Waals surface area contributed by atoms with Gasteiger partial charge in [0, 0.05) is 42.3 Å².